The van der Waals surface area contributed by atoms with Gasteiger partial charge in [-0.1, -0.05) is 18.2 Å². The zero-order valence-corrected chi connectivity index (χ0v) is 12.9. The first-order valence-corrected chi connectivity index (χ1v) is 7.18. The van der Waals surface area contributed by atoms with Crippen molar-refractivity contribution in [2.45, 2.75) is 12.5 Å². The van der Waals surface area contributed by atoms with Gasteiger partial charge in [-0.2, -0.15) is 0 Å². The van der Waals surface area contributed by atoms with E-state index in [1.807, 2.05) is 12.1 Å². The zero-order valence-electron chi connectivity index (χ0n) is 12.9. The monoisotopic (exact) mass is 312 g/mol. The second-order valence-corrected chi connectivity index (χ2v) is 5.21. The Morgan fingerprint density at radius 3 is 2.39 bits per heavy atom. The summed E-state index contributed by atoms with van der Waals surface area (Å²) >= 11 is 0. The van der Waals surface area contributed by atoms with E-state index in [4.69, 9.17) is 14.2 Å². The van der Waals surface area contributed by atoms with Crippen LogP contribution in [0.1, 0.15) is 38.8 Å². The van der Waals surface area contributed by atoms with Crippen LogP contribution in [0.4, 0.5) is 0 Å². The molecule has 2 aromatic carbocycles. The summed E-state index contributed by atoms with van der Waals surface area (Å²) in [5.74, 6) is 0.548. The van der Waals surface area contributed by atoms with Crippen LogP contribution in [0.5, 0.6) is 11.5 Å². The van der Waals surface area contributed by atoms with Crippen LogP contribution in [0.2, 0.25) is 0 Å². The minimum absolute atomic E-state index is 0.0824. The van der Waals surface area contributed by atoms with Crippen molar-refractivity contribution in [1.82, 2.24) is 0 Å². The fourth-order valence-corrected chi connectivity index (χ4v) is 2.63. The van der Waals surface area contributed by atoms with E-state index < -0.39 is 6.10 Å². The molecule has 0 spiro atoms. The Balaban J connectivity index is 1.84. The van der Waals surface area contributed by atoms with Gasteiger partial charge in [0.15, 0.2) is 5.78 Å². The Bertz CT molecular complexity index is 744. The number of methoxy groups -OCH3 is 2. The number of carbonyl (C=O) groups excluding carboxylic acids is 2. The summed E-state index contributed by atoms with van der Waals surface area (Å²) in [7, 11) is 3.05. The van der Waals surface area contributed by atoms with Gasteiger partial charge in [0.2, 0.25) is 0 Å². The van der Waals surface area contributed by atoms with E-state index in [2.05, 4.69) is 0 Å². The molecule has 0 bridgehead atoms. The van der Waals surface area contributed by atoms with Gasteiger partial charge in [0.1, 0.15) is 17.6 Å². The van der Waals surface area contributed by atoms with Gasteiger partial charge in [-0.3, -0.25) is 4.79 Å². The Labute approximate surface area is 133 Å². The molecule has 0 aliphatic carbocycles. The SMILES string of the molecule is COc1cc(OC)cc(C(=O)C[C@@H]2OC(=O)c3ccccc32)c1. The molecule has 2 aromatic rings. The van der Waals surface area contributed by atoms with Crippen molar-refractivity contribution in [3.63, 3.8) is 0 Å². The molecule has 1 aliphatic rings. The van der Waals surface area contributed by atoms with E-state index in [1.165, 1.54) is 14.2 Å². The molecule has 0 saturated heterocycles. The van der Waals surface area contributed by atoms with Crippen molar-refractivity contribution in [3.8, 4) is 11.5 Å². The van der Waals surface area contributed by atoms with Crippen molar-refractivity contribution in [2.75, 3.05) is 14.2 Å². The summed E-state index contributed by atoms with van der Waals surface area (Å²) in [5.41, 5.74) is 1.73. The fraction of sp³-hybridized carbons (Fsp3) is 0.222. The van der Waals surface area contributed by atoms with Gasteiger partial charge >= 0.3 is 5.97 Å². The summed E-state index contributed by atoms with van der Waals surface area (Å²) in [6.07, 6.45) is -0.470. The van der Waals surface area contributed by atoms with E-state index in [-0.39, 0.29) is 18.2 Å². The predicted octanol–water partition coefficient (Wildman–Crippen LogP) is 3.19. The van der Waals surface area contributed by atoms with E-state index in [0.29, 0.717) is 22.6 Å². The second kappa shape index (κ2) is 6.12. The Morgan fingerprint density at radius 1 is 1.09 bits per heavy atom. The van der Waals surface area contributed by atoms with Crippen LogP contribution in [-0.4, -0.2) is 26.0 Å². The molecular weight excluding hydrogens is 296 g/mol. The van der Waals surface area contributed by atoms with E-state index in [9.17, 15) is 9.59 Å². The van der Waals surface area contributed by atoms with Crippen LogP contribution in [0.3, 0.4) is 0 Å². The zero-order chi connectivity index (χ0) is 16.4. The highest BCUT2D eigenvalue weighted by Gasteiger charge is 2.32. The molecule has 0 amide bonds. The predicted molar refractivity (Wildman–Crippen MR) is 83.1 cm³/mol. The molecule has 0 unspecified atom stereocenters. The summed E-state index contributed by atoms with van der Waals surface area (Å²) in [6, 6.07) is 12.1. The topological polar surface area (TPSA) is 61.8 Å². The third kappa shape index (κ3) is 2.90. The maximum absolute atomic E-state index is 12.6. The average molecular weight is 312 g/mol. The normalized spacial score (nSPS) is 15.7. The van der Waals surface area contributed by atoms with Gasteiger partial charge < -0.3 is 14.2 Å². The van der Waals surface area contributed by atoms with E-state index in [1.54, 1.807) is 30.3 Å². The first-order valence-electron chi connectivity index (χ1n) is 7.18. The van der Waals surface area contributed by atoms with Crippen molar-refractivity contribution in [2.24, 2.45) is 0 Å². The lowest BCUT2D eigenvalue weighted by atomic mass is 9.98. The highest BCUT2D eigenvalue weighted by atomic mass is 16.5. The number of Topliss-reactive ketones (excluding diaryl/α,β-unsaturated/α-hetero) is 1. The molecule has 0 radical (unpaired) electrons. The van der Waals surface area contributed by atoms with Crippen LogP contribution in [0.15, 0.2) is 42.5 Å². The number of carbonyl (C=O) groups is 2. The van der Waals surface area contributed by atoms with Crippen LogP contribution in [0, 0.1) is 0 Å². The lowest BCUT2D eigenvalue weighted by molar-refractivity contribution is 0.0367. The van der Waals surface area contributed by atoms with Gasteiger partial charge in [-0.15, -0.1) is 0 Å². The van der Waals surface area contributed by atoms with E-state index in [0.717, 1.165) is 5.56 Å². The van der Waals surface area contributed by atoms with Gasteiger partial charge in [0.25, 0.3) is 0 Å². The number of cyclic esters (lactones) is 1. The minimum atomic E-state index is -0.552. The molecule has 5 nitrogen and oxygen atoms in total. The minimum Gasteiger partial charge on any atom is -0.497 e. The molecule has 1 aliphatic heterocycles. The van der Waals surface area contributed by atoms with Crippen LogP contribution in [-0.2, 0) is 4.74 Å². The van der Waals surface area contributed by atoms with Crippen LogP contribution >= 0.6 is 0 Å². The van der Waals surface area contributed by atoms with Crippen molar-refractivity contribution >= 4 is 11.8 Å². The molecule has 5 heteroatoms. The number of hydrogen-bond acceptors (Lipinski definition) is 5. The standard InChI is InChI=1S/C18H16O5/c1-21-12-7-11(8-13(9-12)22-2)16(19)10-17-14-5-3-4-6-15(14)18(20)23-17/h3-9,17H,10H2,1-2H3/t17-/m0/s1. The third-order valence-corrected chi connectivity index (χ3v) is 3.82. The lowest BCUT2D eigenvalue weighted by Gasteiger charge is -2.11. The molecule has 118 valence electrons. The fourth-order valence-electron chi connectivity index (χ4n) is 2.63. The quantitative estimate of drug-likeness (QED) is 0.627. The molecule has 23 heavy (non-hydrogen) atoms. The Kier molecular flexibility index (Phi) is 4.02. The van der Waals surface area contributed by atoms with Crippen molar-refractivity contribution < 1.29 is 23.8 Å². The number of hydrogen-bond donors (Lipinski definition) is 0. The molecule has 1 atom stereocenters. The van der Waals surface area contributed by atoms with Gasteiger partial charge in [-0.25, -0.2) is 4.79 Å². The number of fused-ring (bicyclic) bond motifs is 1. The number of benzene rings is 2. The van der Waals surface area contributed by atoms with Crippen molar-refractivity contribution in [3.05, 3.63) is 59.2 Å². The number of ether oxygens (including phenoxy) is 3. The molecule has 3 rings (SSSR count). The Hall–Kier alpha value is -2.82. The first kappa shape index (κ1) is 15.1. The molecule has 1 heterocycles. The number of esters is 1. The van der Waals surface area contributed by atoms with E-state index >= 15 is 0 Å². The molecule has 0 fully saturated rings. The summed E-state index contributed by atoms with van der Waals surface area (Å²) < 4.78 is 15.7. The molecule has 0 saturated carbocycles. The van der Waals surface area contributed by atoms with Crippen LogP contribution in [0.25, 0.3) is 0 Å². The summed E-state index contributed by atoms with van der Waals surface area (Å²) in [5, 5.41) is 0. The van der Waals surface area contributed by atoms with Gasteiger partial charge in [0, 0.05) is 17.2 Å². The number of rotatable bonds is 5. The van der Waals surface area contributed by atoms with Gasteiger partial charge in [0.05, 0.1) is 26.2 Å². The third-order valence-electron chi connectivity index (χ3n) is 3.82. The van der Waals surface area contributed by atoms with Crippen LogP contribution < -0.4 is 9.47 Å². The average Bonchev–Trinajstić information content (AvgIpc) is 2.90. The lowest BCUT2D eigenvalue weighted by Crippen LogP contribution is -2.08. The maximum atomic E-state index is 12.6. The molecule has 0 N–H and O–H groups in total. The highest BCUT2D eigenvalue weighted by Crippen LogP contribution is 2.34. The molecule has 0 aromatic heterocycles. The highest BCUT2D eigenvalue weighted by molar-refractivity contribution is 5.99. The summed E-state index contributed by atoms with van der Waals surface area (Å²) in [4.78, 5) is 24.4. The molecular formula is C18H16O5. The maximum Gasteiger partial charge on any atom is 0.339 e. The summed E-state index contributed by atoms with van der Waals surface area (Å²) in [6.45, 7) is 0. The first-order chi connectivity index (χ1) is 11.1. The Morgan fingerprint density at radius 2 is 1.74 bits per heavy atom. The smallest absolute Gasteiger partial charge is 0.339 e. The van der Waals surface area contributed by atoms with Gasteiger partial charge in [-0.05, 0) is 18.2 Å². The van der Waals surface area contributed by atoms with Crippen molar-refractivity contribution in [1.29, 1.82) is 0 Å². The second-order valence-electron chi connectivity index (χ2n) is 5.21. The number of ketones is 1. The largest absolute Gasteiger partial charge is 0.497 e.